The summed E-state index contributed by atoms with van der Waals surface area (Å²) in [6, 6.07) is 6.66. The highest BCUT2D eigenvalue weighted by atomic mass is 16.4. The van der Waals surface area contributed by atoms with Crippen LogP contribution in [0.15, 0.2) is 30.3 Å². The van der Waals surface area contributed by atoms with Crippen molar-refractivity contribution in [2.45, 2.75) is 19.9 Å². The van der Waals surface area contributed by atoms with E-state index >= 15 is 0 Å². The van der Waals surface area contributed by atoms with Gasteiger partial charge in [0.05, 0.1) is 0 Å². The number of carbonyl (C=O) groups is 2. The lowest BCUT2D eigenvalue weighted by Crippen LogP contribution is -2.37. The van der Waals surface area contributed by atoms with E-state index in [1.54, 1.807) is 6.08 Å². The summed E-state index contributed by atoms with van der Waals surface area (Å²) >= 11 is 0. The lowest BCUT2D eigenvalue weighted by atomic mass is 10.1. The molecule has 1 aromatic carbocycles. The molecule has 90 valence electrons. The Morgan fingerprint density at radius 3 is 2.35 bits per heavy atom. The van der Waals surface area contributed by atoms with E-state index in [2.05, 4.69) is 5.32 Å². The van der Waals surface area contributed by atoms with Crippen molar-refractivity contribution in [1.29, 1.82) is 0 Å². The Hall–Kier alpha value is -2.10. The van der Waals surface area contributed by atoms with Crippen molar-refractivity contribution < 1.29 is 14.7 Å². The zero-order chi connectivity index (χ0) is 12.8. The average Bonchev–Trinajstić information content (AvgIpc) is 2.25. The smallest absolute Gasteiger partial charge is 0.330 e. The summed E-state index contributed by atoms with van der Waals surface area (Å²) in [5, 5.41) is 11.2. The van der Waals surface area contributed by atoms with Crippen molar-refractivity contribution in [3.8, 4) is 0 Å². The second-order valence-corrected chi connectivity index (χ2v) is 3.79. The van der Waals surface area contributed by atoms with Crippen molar-refractivity contribution in [1.82, 2.24) is 5.32 Å². The number of carboxylic acids is 1. The zero-order valence-corrected chi connectivity index (χ0v) is 9.81. The fourth-order valence-corrected chi connectivity index (χ4v) is 1.30. The molecule has 4 nitrogen and oxygen atoms in total. The Bertz CT molecular complexity index is 434. The molecule has 1 aromatic rings. The molecule has 0 aromatic heterocycles. The van der Waals surface area contributed by atoms with E-state index < -0.39 is 12.0 Å². The molecule has 4 heteroatoms. The molecule has 0 aliphatic heterocycles. The number of aliphatic carboxylic acids is 1. The highest BCUT2D eigenvalue weighted by molar-refractivity contribution is 5.84. The van der Waals surface area contributed by atoms with Gasteiger partial charge in [0.15, 0.2) is 0 Å². The van der Waals surface area contributed by atoms with Gasteiger partial charge in [-0.1, -0.05) is 42.0 Å². The molecule has 0 saturated carbocycles. The van der Waals surface area contributed by atoms with Crippen LogP contribution in [0.1, 0.15) is 18.1 Å². The van der Waals surface area contributed by atoms with Crippen molar-refractivity contribution in [3.05, 3.63) is 41.5 Å². The third kappa shape index (κ3) is 4.51. The van der Waals surface area contributed by atoms with Crippen LogP contribution in [0.3, 0.4) is 0 Å². The van der Waals surface area contributed by atoms with E-state index in [1.165, 1.54) is 13.0 Å². The topological polar surface area (TPSA) is 66.4 Å². The molecule has 1 rings (SSSR count). The summed E-state index contributed by atoms with van der Waals surface area (Å²) < 4.78 is 0. The maximum Gasteiger partial charge on any atom is 0.330 e. The number of carbonyl (C=O) groups excluding carboxylic acids is 1. The second-order valence-electron chi connectivity index (χ2n) is 3.79. The van der Waals surface area contributed by atoms with Crippen LogP contribution in [0.5, 0.6) is 0 Å². The normalized spacial score (nSPS) is 12.4. The molecule has 2 N–H and O–H groups in total. The van der Waals surface area contributed by atoms with Crippen LogP contribution >= 0.6 is 0 Å². The van der Waals surface area contributed by atoms with Crippen molar-refractivity contribution in [2.75, 3.05) is 0 Å². The van der Waals surface area contributed by atoms with Gasteiger partial charge in [-0.3, -0.25) is 4.79 Å². The zero-order valence-electron chi connectivity index (χ0n) is 9.81. The molecule has 0 heterocycles. The van der Waals surface area contributed by atoms with Crippen LogP contribution < -0.4 is 5.32 Å². The third-order valence-electron chi connectivity index (χ3n) is 2.18. The number of amides is 1. The quantitative estimate of drug-likeness (QED) is 0.830. The molecule has 0 bridgehead atoms. The monoisotopic (exact) mass is 233 g/mol. The largest absolute Gasteiger partial charge is 0.479 e. The number of hydrogen-bond acceptors (Lipinski definition) is 2. The van der Waals surface area contributed by atoms with Gasteiger partial charge in [-0.05, 0) is 12.5 Å². The number of nitrogens with one attached hydrogen (secondary N) is 1. The Kier molecular flexibility index (Phi) is 4.46. The molecular weight excluding hydrogens is 218 g/mol. The van der Waals surface area contributed by atoms with Crippen molar-refractivity contribution in [3.63, 3.8) is 0 Å². The predicted molar refractivity (Wildman–Crippen MR) is 65.5 cm³/mol. The standard InChI is InChI=1S/C13H15NO3/c1-9-3-5-11(6-4-9)7-8-12(13(16)17)14-10(2)15/h3-8,12H,1-2H3,(H,14,15)(H,16,17)/b8-7+. The molecule has 1 unspecified atom stereocenters. The van der Waals surface area contributed by atoms with Crippen LogP contribution in [0, 0.1) is 6.92 Å². The average molecular weight is 233 g/mol. The maximum absolute atomic E-state index is 10.8. The number of benzene rings is 1. The van der Waals surface area contributed by atoms with Crippen LogP contribution in [0.2, 0.25) is 0 Å². The minimum Gasteiger partial charge on any atom is -0.479 e. The van der Waals surface area contributed by atoms with E-state index in [-0.39, 0.29) is 5.91 Å². The van der Waals surface area contributed by atoms with Gasteiger partial charge in [0, 0.05) is 6.92 Å². The van der Waals surface area contributed by atoms with E-state index in [9.17, 15) is 9.59 Å². The van der Waals surface area contributed by atoms with E-state index in [4.69, 9.17) is 5.11 Å². The van der Waals surface area contributed by atoms with Gasteiger partial charge in [0.25, 0.3) is 0 Å². The van der Waals surface area contributed by atoms with E-state index in [0.717, 1.165) is 11.1 Å². The van der Waals surface area contributed by atoms with Crippen LogP contribution in [-0.2, 0) is 9.59 Å². The Morgan fingerprint density at radius 2 is 1.88 bits per heavy atom. The summed E-state index contributed by atoms with van der Waals surface area (Å²) in [7, 11) is 0. The van der Waals surface area contributed by atoms with Gasteiger partial charge in [-0.25, -0.2) is 4.79 Å². The molecule has 0 aliphatic rings. The predicted octanol–water partition coefficient (Wildman–Crippen LogP) is 1.60. The Labute approximate surface area is 100.0 Å². The minimum atomic E-state index is -1.08. The SMILES string of the molecule is CC(=O)NC(/C=C/c1ccc(C)cc1)C(=O)O. The molecule has 0 aliphatic carbocycles. The molecule has 1 atom stereocenters. The third-order valence-corrected chi connectivity index (χ3v) is 2.18. The first-order valence-corrected chi connectivity index (χ1v) is 5.24. The van der Waals surface area contributed by atoms with Crippen molar-refractivity contribution >= 4 is 18.0 Å². The minimum absolute atomic E-state index is 0.369. The number of rotatable bonds is 4. The second kappa shape index (κ2) is 5.84. The van der Waals surface area contributed by atoms with Gasteiger partial charge in [0.1, 0.15) is 6.04 Å². The van der Waals surface area contributed by atoms with Crippen LogP contribution in [0.25, 0.3) is 6.08 Å². The lowest BCUT2D eigenvalue weighted by molar-refractivity contribution is -0.140. The van der Waals surface area contributed by atoms with Crippen molar-refractivity contribution in [2.24, 2.45) is 0 Å². The molecule has 0 fully saturated rings. The van der Waals surface area contributed by atoms with Gasteiger partial charge in [-0.15, -0.1) is 0 Å². The number of hydrogen-bond donors (Lipinski definition) is 2. The van der Waals surface area contributed by atoms with Gasteiger partial charge in [0.2, 0.25) is 5.91 Å². The summed E-state index contributed by atoms with van der Waals surface area (Å²) in [5.74, 6) is -1.45. The Morgan fingerprint density at radius 1 is 1.29 bits per heavy atom. The van der Waals surface area contributed by atoms with Gasteiger partial charge in [-0.2, -0.15) is 0 Å². The van der Waals surface area contributed by atoms with Crippen LogP contribution in [0.4, 0.5) is 0 Å². The van der Waals surface area contributed by atoms with Gasteiger partial charge < -0.3 is 10.4 Å². The van der Waals surface area contributed by atoms with Gasteiger partial charge >= 0.3 is 5.97 Å². The fourth-order valence-electron chi connectivity index (χ4n) is 1.30. The van der Waals surface area contributed by atoms with Crippen LogP contribution in [-0.4, -0.2) is 23.0 Å². The van der Waals surface area contributed by atoms with E-state index in [1.807, 2.05) is 31.2 Å². The number of aryl methyl sites for hydroxylation is 1. The molecule has 1 amide bonds. The molecule has 17 heavy (non-hydrogen) atoms. The van der Waals surface area contributed by atoms with E-state index in [0.29, 0.717) is 0 Å². The molecule has 0 radical (unpaired) electrons. The maximum atomic E-state index is 10.8. The first kappa shape index (κ1) is 13.0. The highest BCUT2D eigenvalue weighted by Crippen LogP contribution is 2.05. The molecule has 0 saturated heterocycles. The first-order valence-electron chi connectivity index (χ1n) is 5.24. The fraction of sp³-hybridized carbons (Fsp3) is 0.231. The Balaban J connectivity index is 2.75. The summed E-state index contributed by atoms with van der Waals surface area (Å²) in [5.41, 5.74) is 2.03. The summed E-state index contributed by atoms with van der Waals surface area (Å²) in [6.45, 7) is 3.26. The molecule has 0 spiro atoms. The summed E-state index contributed by atoms with van der Waals surface area (Å²) in [4.78, 5) is 21.7. The first-order chi connectivity index (χ1) is 7.99. The summed E-state index contributed by atoms with van der Waals surface area (Å²) in [6.07, 6.45) is 3.13. The molecular formula is C13H15NO3. The lowest BCUT2D eigenvalue weighted by Gasteiger charge is -2.07. The highest BCUT2D eigenvalue weighted by Gasteiger charge is 2.13. The number of carboxylic acid groups (broad SMARTS) is 1.